The quantitative estimate of drug-likeness (QED) is 0.553. The highest BCUT2D eigenvalue weighted by Crippen LogP contribution is 2.43. The molecule has 0 amide bonds. The van der Waals surface area contributed by atoms with Gasteiger partial charge in [0.25, 0.3) is 0 Å². The maximum Gasteiger partial charge on any atom is 0.0517 e. The topological polar surface area (TPSA) is 0 Å². The molecule has 0 spiro atoms. The van der Waals surface area contributed by atoms with Crippen LogP contribution in [0.3, 0.4) is 0 Å². The lowest BCUT2D eigenvalue weighted by atomic mass is 9.68. The van der Waals surface area contributed by atoms with Crippen LogP contribution in [-0.2, 0) is 0 Å². The summed E-state index contributed by atoms with van der Waals surface area (Å²) in [6.07, 6.45) is 13.7. The molecule has 1 aromatic rings. The molecule has 2 saturated carbocycles. The van der Waals surface area contributed by atoms with Crippen LogP contribution in [0.2, 0.25) is 6.55 Å². The van der Waals surface area contributed by atoms with Crippen molar-refractivity contribution in [3.8, 4) is 0 Å². The van der Waals surface area contributed by atoms with Crippen LogP contribution in [0.15, 0.2) is 36.9 Å². The summed E-state index contributed by atoms with van der Waals surface area (Å²) < 4.78 is 0. The van der Waals surface area contributed by atoms with Crippen molar-refractivity contribution in [3.63, 3.8) is 0 Å². The van der Waals surface area contributed by atoms with Crippen LogP contribution in [0.5, 0.6) is 0 Å². The lowest BCUT2D eigenvalue weighted by Gasteiger charge is -2.37. The van der Waals surface area contributed by atoms with Crippen LogP contribution >= 0.6 is 0 Å². The third-order valence-corrected chi connectivity index (χ3v) is 7.74. The van der Waals surface area contributed by atoms with E-state index in [1.165, 1.54) is 51.4 Å². The summed E-state index contributed by atoms with van der Waals surface area (Å²) >= 11 is 0. The Bertz CT molecular complexity index is 459. The zero-order chi connectivity index (χ0) is 15.4. The normalized spacial score (nSPS) is 33.1. The second-order valence-electron chi connectivity index (χ2n) is 7.62. The first kappa shape index (κ1) is 16.0. The molecule has 0 aliphatic heterocycles. The van der Waals surface area contributed by atoms with E-state index in [4.69, 9.17) is 0 Å². The first-order chi connectivity index (χ1) is 10.8. The van der Waals surface area contributed by atoms with E-state index in [-0.39, 0.29) is 9.52 Å². The van der Waals surface area contributed by atoms with Gasteiger partial charge in [-0.15, -0.1) is 6.58 Å². The molecule has 0 bridgehead atoms. The highest BCUT2D eigenvalue weighted by atomic mass is 28.2. The minimum Gasteiger partial charge on any atom is -0.103 e. The van der Waals surface area contributed by atoms with E-state index in [0.29, 0.717) is 0 Å². The van der Waals surface area contributed by atoms with E-state index in [1.807, 2.05) is 0 Å². The van der Waals surface area contributed by atoms with Gasteiger partial charge in [0.2, 0.25) is 0 Å². The zero-order valence-electron chi connectivity index (χ0n) is 14.3. The predicted molar refractivity (Wildman–Crippen MR) is 101 cm³/mol. The molecule has 2 aliphatic carbocycles. The number of allylic oxidation sites excluding steroid dienone is 1. The van der Waals surface area contributed by atoms with Crippen molar-refractivity contribution in [3.05, 3.63) is 42.5 Å². The highest BCUT2D eigenvalue weighted by Gasteiger charge is 2.30. The van der Waals surface area contributed by atoms with Gasteiger partial charge in [0, 0.05) is 0 Å². The molecule has 0 nitrogen and oxygen atoms in total. The van der Waals surface area contributed by atoms with Gasteiger partial charge < -0.3 is 0 Å². The molecule has 1 heteroatoms. The number of benzene rings is 1. The van der Waals surface area contributed by atoms with Crippen molar-refractivity contribution in [2.45, 2.75) is 63.8 Å². The van der Waals surface area contributed by atoms with Crippen LogP contribution < -0.4 is 5.19 Å². The van der Waals surface area contributed by atoms with Gasteiger partial charge in [-0.25, -0.2) is 0 Å². The fourth-order valence-corrected chi connectivity index (χ4v) is 5.51. The molecule has 0 atom stereocenters. The van der Waals surface area contributed by atoms with Crippen molar-refractivity contribution in [2.75, 3.05) is 0 Å². The second kappa shape index (κ2) is 7.63. The Hall–Kier alpha value is -0.823. The molecular formula is C21H32Si. The van der Waals surface area contributed by atoms with E-state index < -0.39 is 0 Å². The van der Waals surface area contributed by atoms with E-state index in [1.54, 1.807) is 10.8 Å². The summed E-state index contributed by atoms with van der Waals surface area (Å²) in [6, 6.07) is 9.63. The van der Waals surface area contributed by atoms with Crippen molar-refractivity contribution in [2.24, 2.45) is 17.8 Å². The van der Waals surface area contributed by atoms with Crippen LogP contribution in [0.1, 0.15) is 62.8 Å². The molecule has 120 valence electrons. The van der Waals surface area contributed by atoms with E-state index in [0.717, 1.165) is 23.7 Å². The van der Waals surface area contributed by atoms with Gasteiger partial charge in [-0.3, -0.25) is 0 Å². The predicted octanol–water partition coefficient (Wildman–Crippen LogP) is 4.80. The third kappa shape index (κ3) is 3.74. The molecule has 0 aromatic heterocycles. The van der Waals surface area contributed by atoms with Gasteiger partial charge >= 0.3 is 0 Å². The Kier molecular flexibility index (Phi) is 5.57. The van der Waals surface area contributed by atoms with E-state index >= 15 is 0 Å². The molecule has 0 unspecified atom stereocenters. The van der Waals surface area contributed by atoms with E-state index in [2.05, 4.69) is 43.5 Å². The van der Waals surface area contributed by atoms with Crippen molar-refractivity contribution in [1.29, 1.82) is 0 Å². The van der Waals surface area contributed by atoms with Gasteiger partial charge in [-0.2, -0.15) is 0 Å². The van der Waals surface area contributed by atoms with Crippen LogP contribution in [0.25, 0.3) is 0 Å². The fraction of sp³-hybridized carbons (Fsp3) is 0.619. The first-order valence-electron chi connectivity index (χ1n) is 9.51. The average molecular weight is 313 g/mol. The highest BCUT2D eigenvalue weighted by molar-refractivity contribution is 6.51. The number of hydrogen-bond acceptors (Lipinski definition) is 0. The van der Waals surface area contributed by atoms with Gasteiger partial charge in [-0.1, -0.05) is 42.1 Å². The van der Waals surface area contributed by atoms with Crippen LogP contribution in [0.4, 0.5) is 0 Å². The van der Waals surface area contributed by atoms with Crippen LogP contribution in [-0.4, -0.2) is 9.52 Å². The van der Waals surface area contributed by atoms with Gasteiger partial charge in [0.15, 0.2) is 0 Å². The van der Waals surface area contributed by atoms with Crippen molar-refractivity contribution in [1.82, 2.24) is 0 Å². The summed E-state index contributed by atoms with van der Waals surface area (Å²) in [5.41, 5.74) is 1.61. The Morgan fingerprint density at radius 3 is 1.91 bits per heavy atom. The van der Waals surface area contributed by atoms with Crippen LogP contribution in [0, 0.1) is 17.8 Å². The van der Waals surface area contributed by atoms with Crippen molar-refractivity contribution >= 4 is 14.7 Å². The summed E-state index contributed by atoms with van der Waals surface area (Å²) in [5, 5.41) is 1.61. The van der Waals surface area contributed by atoms with Gasteiger partial charge in [0.1, 0.15) is 0 Å². The summed E-state index contributed by atoms with van der Waals surface area (Å²) in [4.78, 5) is 0. The summed E-state index contributed by atoms with van der Waals surface area (Å²) in [7, 11) is 0.0113. The molecule has 22 heavy (non-hydrogen) atoms. The average Bonchev–Trinajstić information content (AvgIpc) is 2.62. The Labute approximate surface area is 139 Å². The molecule has 0 N–H and O–H groups in total. The molecule has 0 heterocycles. The molecular weight excluding hydrogens is 280 g/mol. The first-order valence-corrected chi connectivity index (χ1v) is 11.6. The standard InChI is InChI=1S/C21H32Si/c1-3-16-4-6-17(7-5-16)18-8-10-19(11-9-18)20-12-14-21(22-2)15-13-20/h3,12-19H,1,4-11,22H2,2H3. The molecule has 1 aromatic carbocycles. The largest absolute Gasteiger partial charge is 0.103 e. The second-order valence-corrected chi connectivity index (χ2v) is 9.14. The fourth-order valence-electron chi connectivity index (χ4n) is 4.80. The molecule has 2 fully saturated rings. The summed E-state index contributed by atoms with van der Waals surface area (Å²) in [6.45, 7) is 6.36. The van der Waals surface area contributed by atoms with Gasteiger partial charge in [0.05, 0.1) is 9.52 Å². The Balaban J connectivity index is 1.50. The monoisotopic (exact) mass is 312 g/mol. The minimum absolute atomic E-state index is 0.0113. The Morgan fingerprint density at radius 2 is 1.41 bits per heavy atom. The smallest absolute Gasteiger partial charge is 0.0517 e. The van der Waals surface area contributed by atoms with Gasteiger partial charge in [-0.05, 0) is 80.6 Å². The molecule has 0 saturated heterocycles. The lowest BCUT2D eigenvalue weighted by Crippen LogP contribution is -2.25. The molecule has 3 rings (SSSR count). The number of hydrogen-bond donors (Lipinski definition) is 0. The third-order valence-electron chi connectivity index (χ3n) is 6.45. The summed E-state index contributed by atoms with van der Waals surface area (Å²) in [5.74, 6) is 3.69. The van der Waals surface area contributed by atoms with E-state index in [9.17, 15) is 0 Å². The minimum atomic E-state index is 0.0113. The Morgan fingerprint density at radius 1 is 0.864 bits per heavy atom. The zero-order valence-corrected chi connectivity index (χ0v) is 15.7. The van der Waals surface area contributed by atoms with Crippen molar-refractivity contribution < 1.29 is 0 Å². The lowest BCUT2D eigenvalue weighted by molar-refractivity contribution is 0.171. The molecule has 0 radical (unpaired) electrons. The SMILES string of the molecule is C=CC1CCC(C2CCC(c3ccc([SiH2]C)cc3)CC2)CC1. The maximum atomic E-state index is 3.98. The maximum absolute atomic E-state index is 3.98. The number of rotatable bonds is 4. The molecule has 2 aliphatic rings.